The molecular weight excluding hydrogens is 228 g/mol. The molecule has 1 rings (SSSR count). The van der Waals surface area contributed by atoms with E-state index in [0.717, 1.165) is 19.4 Å². The first-order valence-corrected chi connectivity index (χ1v) is 7.36. The lowest BCUT2D eigenvalue weighted by Gasteiger charge is -2.16. The molecule has 0 aromatic carbocycles. The molecule has 0 aliphatic carbocycles. The highest BCUT2D eigenvalue weighted by Gasteiger charge is 2.24. The van der Waals surface area contributed by atoms with Crippen LogP contribution in [-0.2, 0) is 14.2 Å². The third kappa shape index (κ3) is 8.54. The Labute approximate surface area is 111 Å². The molecule has 3 heteroatoms. The van der Waals surface area contributed by atoms with Crippen LogP contribution in [0, 0.1) is 0 Å². The van der Waals surface area contributed by atoms with Crippen LogP contribution < -0.4 is 0 Å². The maximum atomic E-state index is 5.63. The Morgan fingerprint density at radius 2 is 1.89 bits per heavy atom. The Hall–Kier alpha value is -0.540. The molecule has 0 aromatic rings. The fraction of sp³-hybridized carbons (Fsp3) is 0.867. The first-order valence-electron chi connectivity index (χ1n) is 7.36. The zero-order valence-electron chi connectivity index (χ0n) is 11.7. The van der Waals surface area contributed by atoms with Crippen LogP contribution in [0.2, 0.25) is 0 Å². The first-order chi connectivity index (χ1) is 8.86. The zero-order valence-corrected chi connectivity index (χ0v) is 11.7. The molecular formula is C15H28O3. The quantitative estimate of drug-likeness (QED) is 0.216. The van der Waals surface area contributed by atoms with Crippen LogP contribution in [0.4, 0.5) is 0 Å². The highest BCUT2D eigenvalue weighted by Crippen LogP contribution is 2.15. The van der Waals surface area contributed by atoms with E-state index in [9.17, 15) is 0 Å². The van der Waals surface area contributed by atoms with Crippen molar-refractivity contribution in [3.8, 4) is 0 Å². The molecule has 0 aromatic heterocycles. The van der Waals surface area contributed by atoms with E-state index < -0.39 is 0 Å². The van der Waals surface area contributed by atoms with Gasteiger partial charge in [-0.2, -0.15) is 0 Å². The van der Waals surface area contributed by atoms with Crippen LogP contribution in [0.3, 0.4) is 0 Å². The van der Waals surface area contributed by atoms with E-state index in [1.165, 1.54) is 44.8 Å². The summed E-state index contributed by atoms with van der Waals surface area (Å²) in [6, 6.07) is 0. The number of ether oxygens (including phenoxy) is 3. The van der Waals surface area contributed by atoms with E-state index in [0.29, 0.717) is 12.7 Å². The fourth-order valence-corrected chi connectivity index (χ4v) is 1.95. The summed E-state index contributed by atoms with van der Waals surface area (Å²) in [7, 11) is 0. The van der Waals surface area contributed by atoms with Gasteiger partial charge in [-0.05, 0) is 6.42 Å². The van der Waals surface area contributed by atoms with E-state index in [-0.39, 0.29) is 6.29 Å². The Balaban J connectivity index is 1.92. The smallest absolute Gasteiger partial charge is 0.198 e. The highest BCUT2D eigenvalue weighted by molar-refractivity contribution is 4.68. The average Bonchev–Trinajstić information content (AvgIpc) is 3.18. The van der Waals surface area contributed by atoms with E-state index >= 15 is 0 Å². The molecule has 0 N–H and O–H groups in total. The summed E-state index contributed by atoms with van der Waals surface area (Å²) in [6.45, 7) is 7.32. The van der Waals surface area contributed by atoms with Crippen molar-refractivity contribution in [1.29, 1.82) is 0 Å². The zero-order chi connectivity index (χ0) is 13.1. The lowest BCUT2D eigenvalue weighted by atomic mass is 10.1. The molecule has 1 aliphatic rings. The van der Waals surface area contributed by atoms with Gasteiger partial charge in [-0.15, -0.1) is 0 Å². The number of epoxide rings is 1. The van der Waals surface area contributed by atoms with Gasteiger partial charge in [0, 0.05) is 6.42 Å². The number of rotatable bonds is 13. The van der Waals surface area contributed by atoms with Crippen molar-refractivity contribution in [3.05, 3.63) is 12.8 Å². The molecule has 0 amide bonds. The maximum absolute atomic E-state index is 5.63. The van der Waals surface area contributed by atoms with E-state index in [4.69, 9.17) is 14.2 Å². The molecule has 1 saturated heterocycles. The fourth-order valence-electron chi connectivity index (χ4n) is 1.95. The van der Waals surface area contributed by atoms with Crippen LogP contribution in [0.15, 0.2) is 12.8 Å². The Morgan fingerprint density at radius 1 is 1.22 bits per heavy atom. The second-order valence-electron chi connectivity index (χ2n) is 4.93. The minimum Gasteiger partial charge on any atom is -0.473 e. The predicted molar refractivity (Wildman–Crippen MR) is 73.4 cm³/mol. The van der Waals surface area contributed by atoms with Gasteiger partial charge in [-0.3, -0.25) is 0 Å². The molecule has 18 heavy (non-hydrogen) atoms. The Morgan fingerprint density at radius 3 is 2.50 bits per heavy atom. The third-order valence-electron chi connectivity index (χ3n) is 3.16. The van der Waals surface area contributed by atoms with E-state index in [1.807, 2.05) is 0 Å². The SMILES string of the molecule is C=COC(CCCCCCCCC)OCC1CO1. The van der Waals surface area contributed by atoms with Gasteiger partial charge in [0.25, 0.3) is 0 Å². The minimum atomic E-state index is -0.137. The molecule has 106 valence electrons. The maximum Gasteiger partial charge on any atom is 0.198 e. The second-order valence-corrected chi connectivity index (χ2v) is 4.93. The normalized spacial score (nSPS) is 19.5. The standard InChI is InChI=1S/C15H28O3/c1-3-5-6-7-8-9-10-11-15(16-4-2)18-13-14-12-17-14/h4,14-15H,2-3,5-13H2,1H3. The van der Waals surface area contributed by atoms with Gasteiger partial charge in [-0.1, -0.05) is 52.0 Å². The van der Waals surface area contributed by atoms with E-state index in [1.54, 1.807) is 0 Å². The molecule has 0 saturated carbocycles. The average molecular weight is 256 g/mol. The molecule has 3 nitrogen and oxygen atoms in total. The lowest BCUT2D eigenvalue weighted by Crippen LogP contribution is -2.17. The summed E-state index contributed by atoms with van der Waals surface area (Å²) in [6.07, 6.45) is 11.8. The molecule has 2 atom stereocenters. The Kier molecular flexibility index (Phi) is 8.96. The topological polar surface area (TPSA) is 31.0 Å². The summed E-state index contributed by atoms with van der Waals surface area (Å²) < 4.78 is 16.1. The molecule has 0 bridgehead atoms. The summed E-state index contributed by atoms with van der Waals surface area (Å²) >= 11 is 0. The third-order valence-corrected chi connectivity index (χ3v) is 3.16. The van der Waals surface area contributed by atoms with Crippen molar-refractivity contribution in [2.75, 3.05) is 13.2 Å². The molecule has 1 heterocycles. The van der Waals surface area contributed by atoms with Crippen LogP contribution in [0.5, 0.6) is 0 Å². The summed E-state index contributed by atoms with van der Waals surface area (Å²) in [5, 5.41) is 0. The molecule has 1 fully saturated rings. The van der Waals surface area contributed by atoms with Gasteiger partial charge in [0.1, 0.15) is 6.10 Å². The molecule has 2 unspecified atom stereocenters. The monoisotopic (exact) mass is 256 g/mol. The molecule has 0 spiro atoms. The number of hydrogen-bond donors (Lipinski definition) is 0. The van der Waals surface area contributed by atoms with Gasteiger partial charge < -0.3 is 14.2 Å². The molecule has 0 radical (unpaired) electrons. The second kappa shape index (κ2) is 10.4. The van der Waals surface area contributed by atoms with Crippen molar-refractivity contribution >= 4 is 0 Å². The van der Waals surface area contributed by atoms with Gasteiger partial charge in [0.2, 0.25) is 0 Å². The summed E-state index contributed by atoms with van der Waals surface area (Å²) in [5.74, 6) is 0. The largest absolute Gasteiger partial charge is 0.473 e. The van der Waals surface area contributed by atoms with Crippen molar-refractivity contribution in [2.24, 2.45) is 0 Å². The summed E-state index contributed by atoms with van der Waals surface area (Å²) in [5.41, 5.74) is 0. The summed E-state index contributed by atoms with van der Waals surface area (Å²) in [4.78, 5) is 0. The van der Waals surface area contributed by atoms with Crippen LogP contribution in [0.25, 0.3) is 0 Å². The van der Waals surface area contributed by atoms with Crippen molar-refractivity contribution < 1.29 is 14.2 Å². The van der Waals surface area contributed by atoms with Crippen molar-refractivity contribution in [1.82, 2.24) is 0 Å². The number of hydrogen-bond acceptors (Lipinski definition) is 3. The van der Waals surface area contributed by atoms with Gasteiger partial charge in [-0.25, -0.2) is 0 Å². The van der Waals surface area contributed by atoms with Gasteiger partial charge in [0.05, 0.1) is 19.5 Å². The van der Waals surface area contributed by atoms with E-state index in [2.05, 4.69) is 13.5 Å². The Bertz CT molecular complexity index is 202. The van der Waals surface area contributed by atoms with Gasteiger partial charge >= 0.3 is 0 Å². The molecule has 1 aliphatic heterocycles. The lowest BCUT2D eigenvalue weighted by molar-refractivity contribution is -0.114. The number of unbranched alkanes of at least 4 members (excludes halogenated alkanes) is 6. The predicted octanol–water partition coefficient (Wildman–Crippen LogP) is 4.03. The van der Waals surface area contributed by atoms with Crippen LogP contribution in [0.1, 0.15) is 58.3 Å². The van der Waals surface area contributed by atoms with Gasteiger partial charge in [0.15, 0.2) is 6.29 Å². The van der Waals surface area contributed by atoms with Crippen molar-refractivity contribution in [2.45, 2.75) is 70.7 Å². The minimum absolute atomic E-state index is 0.137. The van der Waals surface area contributed by atoms with Crippen LogP contribution >= 0.6 is 0 Å². The van der Waals surface area contributed by atoms with Crippen LogP contribution in [-0.4, -0.2) is 25.6 Å². The first kappa shape index (κ1) is 15.5. The van der Waals surface area contributed by atoms with Crippen molar-refractivity contribution in [3.63, 3.8) is 0 Å². The highest BCUT2D eigenvalue weighted by atomic mass is 16.7.